The van der Waals surface area contributed by atoms with Crippen LogP contribution in [0.15, 0.2) is 24.3 Å². The molecule has 4 bridgehead atoms. The van der Waals surface area contributed by atoms with Crippen LogP contribution in [0.3, 0.4) is 0 Å². The number of hydrogen-bond acceptors (Lipinski definition) is 8. The number of hydrogen-bond donors (Lipinski definition) is 0. The fraction of sp³-hybridized carbons (Fsp3) is 0.615. The van der Waals surface area contributed by atoms with E-state index in [1.165, 1.54) is 19.8 Å². The molecule has 2 aliphatic heterocycles. The zero-order chi connectivity index (χ0) is 24.3. The highest BCUT2D eigenvalue weighted by molar-refractivity contribution is 5.88. The van der Waals surface area contributed by atoms with Gasteiger partial charge in [-0.15, -0.1) is 0 Å². The molecule has 7 rings (SSSR count). The Labute approximate surface area is 199 Å². The molecule has 0 aromatic heterocycles. The molecule has 2 heterocycles. The zero-order valence-electron chi connectivity index (χ0n) is 20.5. The summed E-state index contributed by atoms with van der Waals surface area (Å²) in [5, 5.41) is 0. The normalized spacial score (nSPS) is 42.6. The number of ether oxygens (including phenoxy) is 5. The summed E-state index contributed by atoms with van der Waals surface area (Å²) in [5.74, 6) is -1.34. The maximum Gasteiger partial charge on any atom is 0.313 e. The van der Waals surface area contributed by atoms with Gasteiger partial charge in [0.2, 0.25) is 0 Å². The smallest absolute Gasteiger partial charge is 0.313 e. The van der Waals surface area contributed by atoms with Crippen LogP contribution in [0.25, 0.3) is 0 Å². The summed E-state index contributed by atoms with van der Waals surface area (Å²) in [5.41, 5.74) is -1.35. The van der Waals surface area contributed by atoms with Gasteiger partial charge in [-0.05, 0) is 45.0 Å². The highest BCUT2D eigenvalue weighted by Crippen LogP contribution is 2.79. The first-order chi connectivity index (χ1) is 16.2. The molecule has 8 nitrogen and oxygen atoms in total. The molecular formula is C26H31NO7. The second-order valence-corrected chi connectivity index (χ2v) is 10.4. The minimum atomic E-state index is -1.25. The molecule has 182 valence electrons. The van der Waals surface area contributed by atoms with Gasteiger partial charge in [0.1, 0.15) is 11.5 Å². The molecule has 6 unspecified atom stereocenters. The van der Waals surface area contributed by atoms with E-state index in [1.807, 2.05) is 19.1 Å². The van der Waals surface area contributed by atoms with E-state index in [-0.39, 0.29) is 6.04 Å². The Balaban J connectivity index is 1.80. The Kier molecular flexibility index (Phi) is 4.22. The Bertz CT molecular complexity index is 1150. The van der Waals surface area contributed by atoms with E-state index in [0.717, 1.165) is 24.9 Å². The molecule has 0 N–H and O–H groups in total. The number of carbonyl (C=O) groups is 2. The lowest BCUT2D eigenvalue weighted by molar-refractivity contribution is -0.282. The van der Waals surface area contributed by atoms with Crippen molar-refractivity contribution >= 4 is 11.9 Å². The Morgan fingerprint density at radius 2 is 1.76 bits per heavy atom. The van der Waals surface area contributed by atoms with Gasteiger partial charge >= 0.3 is 11.9 Å². The van der Waals surface area contributed by atoms with E-state index in [2.05, 4.69) is 24.1 Å². The standard InChI is InChI=1S/C26H31NO7/c1-23-25-11-12-27(2)16(13-14-7-8-15(30-3)20(34-23)17(14)25)24(25)9-10-26(23,33-6)19(22(29)32-5)18(24)21(28)31-4/h7-10,16,18-19H,11-13H2,1-6H3/t16?,18?,19?,23?,24?,25-,26?/m0/s1. The number of nitrogens with zero attached hydrogens (tertiary/aromatic N) is 1. The number of methoxy groups -OCH3 is 4. The van der Waals surface area contributed by atoms with Crippen molar-refractivity contribution in [2.45, 2.75) is 42.4 Å². The molecule has 2 spiro atoms. The third-order valence-electron chi connectivity index (χ3n) is 9.96. The number of esters is 2. The lowest BCUT2D eigenvalue weighted by Crippen LogP contribution is -2.87. The summed E-state index contributed by atoms with van der Waals surface area (Å²) in [6, 6.07) is 4.02. The van der Waals surface area contributed by atoms with Gasteiger partial charge < -0.3 is 28.6 Å². The van der Waals surface area contributed by atoms with Crippen molar-refractivity contribution in [2.24, 2.45) is 17.3 Å². The van der Waals surface area contributed by atoms with E-state index in [1.54, 1.807) is 14.2 Å². The summed E-state index contributed by atoms with van der Waals surface area (Å²) in [6.45, 7) is 2.86. The second kappa shape index (κ2) is 6.55. The summed E-state index contributed by atoms with van der Waals surface area (Å²) in [7, 11) is 8.03. The van der Waals surface area contributed by atoms with Crippen molar-refractivity contribution in [3.8, 4) is 11.5 Å². The van der Waals surface area contributed by atoms with Crippen molar-refractivity contribution < 1.29 is 33.3 Å². The highest BCUT2D eigenvalue weighted by Gasteiger charge is 2.88. The number of fused-ring (bicyclic) bond motifs is 1. The van der Waals surface area contributed by atoms with E-state index < -0.39 is 45.8 Å². The number of benzene rings is 1. The number of piperidine rings is 1. The molecule has 8 heteroatoms. The van der Waals surface area contributed by atoms with E-state index >= 15 is 0 Å². The third-order valence-corrected chi connectivity index (χ3v) is 9.96. The zero-order valence-corrected chi connectivity index (χ0v) is 20.5. The molecular weight excluding hydrogens is 438 g/mol. The van der Waals surface area contributed by atoms with Gasteiger partial charge in [0.15, 0.2) is 17.1 Å². The van der Waals surface area contributed by atoms with Crippen molar-refractivity contribution in [3.05, 3.63) is 35.4 Å². The molecule has 1 saturated heterocycles. The van der Waals surface area contributed by atoms with Crippen LogP contribution in [0, 0.1) is 17.3 Å². The van der Waals surface area contributed by atoms with Crippen molar-refractivity contribution in [2.75, 3.05) is 42.0 Å². The van der Waals surface area contributed by atoms with Gasteiger partial charge in [0.25, 0.3) is 0 Å². The maximum absolute atomic E-state index is 13.7. The van der Waals surface area contributed by atoms with E-state index in [0.29, 0.717) is 11.5 Å². The highest BCUT2D eigenvalue weighted by atomic mass is 16.6. The lowest BCUT2D eigenvalue weighted by Gasteiger charge is -2.75. The first-order valence-corrected chi connectivity index (χ1v) is 11.8. The molecule has 1 saturated carbocycles. The van der Waals surface area contributed by atoms with Crippen LogP contribution >= 0.6 is 0 Å². The Morgan fingerprint density at radius 1 is 1.06 bits per heavy atom. The molecule has 6 aliphatic rings. The Morgan fingerprint density at radius 3 is 2.41 bits per heavy atom. The number of carbonyl (C=O) groups excluding carboxylic acids is 2. The minimum Gasteiger partial charge on any atom is -0.493 e. The molecule has 34 heavy (non-hydrogen) atoms. The third kappa shape index (κ3) is 1.88. The van der Waals surface area contributed by atoms with Gasteiger partial charge in [-0.25, -0.2) is 0 Å². The minimum absolute atomic E-state index is 0.0429. The van der Waals surface area contributed by atoms with Gasteiger partial charge in [-0.1, -0.05) is 18.2 Å². The first-order valence-electron chi connectivity index (χ1n) is 11.8. The van der Waals surface area contributed by atoms with Gasteiger partial charge in [-0.2, -0.15) is 0 Å². The molecule has 4 aliphatic carbocycles. The van der Waals surface area contributed by atoms with Gasteiger partial charge in [-0.3, -0.25) is 9.59 Å². The van der Waals surface area contributed by atoms with Crippen LogP contribution in [0.4, 0.5) is 0 Å². The van der Waals surface area contributed by atoms with Crippen molar-refractivity contribution in [1.82, 2.24) is 4.90 Å². The molecule has 1 aromatic carbocycles. The fourth-order valence-corrected chi connectivity index (χ4v) is 8.80. The Hall–Kier alpha value is -2.58. The summed E-state index contributed by atoms with van der Waals surface area (Å²) >= 11 is 0. The molecule has 1 aromatic rings. The monoisotopic (exact) mass is 469 g/mol. The average molecular weight is 470 g/mol. The van der Waals surface area contributed by atoms with Crippen LogP contribution < -0.4 is 9.47 Å². The number of rotatable bonds is 4. The quantitative estimate of drug-likeness (QED) is 0.488. The molecule has 7 atom stereocenters. The van der Waals surface area contributed by atoms with E-state index in [4.69, 9.17) is 23.7 Å². The van der Waals surface area contributed by atoms with E-state index in [9.17, 15) is 9.59 Å². The summed E-state index contributed by atoms with van der Waals surface area (Å²) in [6.07, 6.45) is 5.55. The van der Waals surface area contributed by atoms with Crippen molar-refractivity contribution in [3.63, 3.8) is 0 Å². The second-order valence-electron chi connectivity index (χ2n) is 10.4. The van der Waals surface area contributed by atoms with Crippen LogP contribution in [-0.4, -0.2) is 76.1 Å². The lowest BCUT2D eigenvalue weighted by atomic mass is 9.30. The summed E-state index contributed by atoms with van der Waals surface area (Å²) < 4.78 is 29.7. The largest absolute Gasteiger partial charge is 0.493 e. The van der Waals surface area contributed by atoms with Crippen LogP contribution in [0.5, 0.6) is 11.5 Å². The van der Waals surface area contributed by atoms with Gasteiger partial charge in [0.05, 0.1) is 32.7 Å². The summed E-state index contributed by atoms with van der Waals surface area (Å²) in [4.78, 5) is 29.5. The van der Waals surface area contributed by atoms with Crippen molar-refractivity contribution in [1.29, 1.82) is 0 Å². The number of likely N-dealkylation sites (N-methyl/N-ethyl adjacent to an activating group) is 1. The van der Waals surface area contributed by atoms with Crippen LogP contribution in [0.1, 0.15) is 24.5 Å². The maximum atomic E-state index is 13.7. The average Bonchev–Trinajstić information content (AvgIpc) is 3.14. The molecule has 0 radical (unpaired) electrons. The predicted octanol–water partition coefficient (Wildman–Crippen LogP) is 1.88. The van der Waals surface area contributed by atoms with Gasteiger partial charge in [0, 0.05) is 24.1 Å². The fourth-order valence-electron chi connectivity index (χ4n) is 8.80. The number of likely N-dealkylation sites (tertiary alicyclic amines) is 1. The molecule has 2 fully saturated rings. The predicted molar refractivity (Wildman–Crippen MR) is 121 cm³/mol. The first kappa shape index (κ1) is 21.9. The topological polar surface area (TPSA) is 83.5 Å². The van der Waals surface area contributed by atoms with Crippen LogP contribution in [-0.2, 0) is 35.6 Å². The molecule has 0 amide bonds. The van der Waals surface area contributed by atoms with Crippen LogP contribution in [0.2, 0.25) is 0 Å². The SMILES string of the molecule is COC(=O)C1C(C(=O)OC)C23C=CC1(OC)C1(C)Oc4c(OC)ccc5c4[C@]21CCN(C)C3C5.